The lowest BCUT2D eigenvalue weighted by molar-refractivity contribution is -0.889. The maximum Gasteiger partial charge on any atom is 0.407 e. The molecule has 2 saturated carbocycles. The minimum atomic E-state index is -0.566. The molecule has 3 N–H and O–H groups in total. The van der Waals surface area contributed by atoms with Gasteiger partial charge in [0.15, 0.2) is 5.75 Å². The number of pyridine rings is 1. The molecule has 0 bridgehead atoms. The van der Waals surface area contributed by atoms with Gasteiger partial charge in [-0.2, -0.15) is 0 Å². The average molecular weight is 653 g/mol. The fourth-order valence-corrected chi connectivity index (χ4v) is 5.84. The summed E-state index contributed by atoms with van der Waals surface area (Å²) in [5.41, 5.74) is 1.33. The predicted molar refractivity (Wildman–Crippen MR) is 183 cm³/mol. The molecule has 258 valence electrons. The number of para-hydroxylation sites is 1. The quantitative estimate of drug-likeness (QED) is 0.104. The topological polar surface area (TPSA) is 129 Å². The van der Waals surface area contributed by atoms with Crippen LogP contribution >= 0.6 is 0 Å². The number of carbonyl (C=O) groups is 3. The first-order valence-corrected chi connectivity index (χ1v) is 16.7. The summed E-state index contributed by atoms with van der Waals surface area (Å²) in [6.07, 6.45) is 32.1. The number of esters is 1. The van der Waals surface area contributed by atoms with E-state index in [0.29, 0.717) is 25.1 Å². The van der Waals surface area contributed by atoms with Gasteiger partial charge in [0.2, 0.25) is 5.91 Å². The minimum absolute atomic E-state index is 0.0327. The number of alkyl carbamates (subject to hydrolysis) is 1. The maximum absolute atomic E-state index is 12.1. The number of nitrogens with zero attached hydrogens (tertiary/aromatic N) is 2. The molecule has 1 aromatic heterocycles. The van der Waals surface area contributed by atoms with E-state index in [4.69, 9.17) is 4.74 Å². The molecular weight excluding hydrogens is 598 g/mol. The Kier molecular flexibility index (Phi) is 20.6. The number of amides is 2. The molecule has 2 heterocycles. The number of likely N-dealkylation sites (tertiary alicyclic amines) is 1. The molecule has 3 fully saturated rings. The highest BCUT2D eigenvalue weighted by atomic mass is 16.6. The number of unbranched alkanes of at least 4 members (excludes halogenated alkanes) is 2. The zero-order chi connectivity index (χ0) is 35.0. The van der Waals surface area contributed by atoms with E-state index < -0.39 is 18.1 Å². The van der Waals surface area contributed by atoms with Gasteiger partial charge in [-0.1, -0.05) is 64.0 Å². The third kappa shape index (κ3) is 13.8. The molecule has 47 heavy (non-hydrogen) atoms. The summed E-state index contributed by atoms with van der Waals surface area (Å²) in [5, 5.41) is 23.3. The van der Waals surface area contributed by atoms with E-state index >= 15 is 0 Å². The van der Waals surface area contributed by atoms with Crippen molar-refractivity contribution in [1.29, 1.82) is 0 Å². The van der Waals surface area contributed by atoms with E-state index in [1.165, 1.54) is 44.1 Å². The number of fused-ring (bicyclic) bond motifs is 1. The van der Waals surface area contributed by atoms with Crippen LogP contribution in [0.4, 0.5) is 4.79 Å². The number of terminal acetylenes is 2. The molecule has 5 rings (SSSR count). The Balaban J connectivity index is 0.000000378. The fraction of sp³-hybridized carbons (Fsp3) is 0.568. The van der Waals surface area contributed by atoms with Crippen LogP contribution in [0.5, 0.6) is 5.75 Å². The first-order chi connectivity index (χ1) is 22.8. The lowest BCUT2D eigenvalue weighted by atomic mass is 10.1. The highest BCUT2D eigenvalue weighted by Crippen LogP contribution is 2.22. The number of aromatic hydroxyl groups is 1. The van der Waals surface area contributed by atoms with Gasteiger partial charge in [0.05, 0.1) is 12.5 Å². The second-order valence-corrected chi connectivity index (χ2v) is 11.5. The smallest absolute Gasteiger partial charge is 0.407 e. The summed E-state index contributed by atoms with van der Waals surface area (Å²) < 4.78 is 11.0. The van der Waals surface area contributed by atoms with Gasteiger partial charge in [-0.25, -0.2) is 9.59 Å². The molecule has 2 amide bonds. The Morgan fingerprint density at radius 3 is 2.15 bits per heavy atom. The SMILES string of the molecule is C#C.C#C.C1CCCC1.CCCCCc1c(O)cc2ccccc2[n+]1O.COC(=O)[C@@H]1CCCN1C(=O)CNC(=O)OC1CCCC1. The van der Waals surface area contributed by atoms with E-state index in [2.05, 4.69) is 42.7 Å². The van der Waals surface area contributed by atoms with Crippen molar-refractivity contribution in [3.05, 3.63) is 36.0 Å². The van der Waals surface area contributed by atoms with E-state index in [1.807, 2.05) is 24.3 Å². The number of carbonyl (C=O) groups excluding carboxylic acids is 3. The van der Waals surface area contributed by atoms with Crippen molar-refractivity contribution in [2.24, 2.45) is 0 Å². The van der Waals surface area contributed by atoms with E-state index in [0.717, 1.165) is 67.0 Å². The number of nitrogens with one attached hydrogen (secondary N) is 1. The molecule has 1 aromatic carbocycles. The molecule has 1 aliphatic heterocycles. The standard InChI is InChI=1S/C14H22N2O5.C14H17NO2.C5H10.2C2H2/c1-20-13(18)11-7-4-8-16(11)12(17)9-15-14(19)21-10-5-2-3-6-10;1-2-3-4-9-13-14(16)10-11-7-5-6-8-12(11)15(13)17;1-2-4-5-3-1;2*1-2/h10-11H,2-9H2,1H3,(H,15,19);5-8,10H,2-4,9H2,1H3,(H-,16,17);1-5H2;2*1-2H/p+1/t11-;;;;/m0..../s1. The molecular formula is C37H54N3O7+. The summed E-state index contributed by atoms with van der Waals surface area (Å²) in [6.45, 7) is 2.49. The molecule has 1 atom stereocenters. The minimum Gasteiger partial charge on any atom is -0.502 e. The maximum atomic E-state index is 12.1. The van der Waals surface area contributed by atoms with Crippen LogP contribution in [0.1, 0.15) is 103 Å². The van der Waals surface area contributed by atoms with Crippen LogP contribution in [-0.4, -0.2) is 65.5 Å². The average Bonchev–Trinajstić information content (AvgIpc) is 3.92. The lowest BCUT2D eigenvalue weighted by Crippen LogP contribution is -2.46. The van der Waals surface area contributed by atoms with Crippen LogP contribution in [0.15, 0.2) is 30.3 Å². The molecule has 0 unspecified atom stereocenters. The summed E-state index contributed by atoms with van der Waals surface area (Å²) in [7, 11) is 1.31. The monoisotopic (exact) mass is 652 g/mol. The number of methoxy groups -OCH3 is 1. The van der Waals surface area contributed by atoms with Gasteiger partial charge in [0.1, 0.15) is 18.7 Å². The summed E-state index contributed by atoms with van der Waals surface area (Å²) in [5.74, 6) is -0.525. The number of ether oxygens (including phenoxy) is 2. The predicted octanol–water partition coefficient (Wildman–Crippen LogP) is 6.07. The summed E-state index contributed by atoms with van der Waals surface area (Å²) in [6, 6.07) is 8.66. The third-order valence-corrected chi connectivity index (χ3v) is 8.28. The number of hydrogen-bond acceptors (Lipinski definition) is 7. The molecule has 2 aromatic rings. The normalized spacial score (nSPS) is 16.5. The van der Waals surface area contributed by atoms with Crippen molar-refractivity contribution in [2.45, 2.75) is 115 Å². The van der Waals surface area contributed by atoms with Crippen LogP contribution in [-0.2, 0) is 25.5 Å². The lowest BCUT2D eigenvalue weighted by Gasteiger charge is -2.22. The van der Waals surface area contributed by atoms with Gasteiger partial charge < -0.3 is 24.8 Å². The molecule has 2 aliphatic carbocycles. The van der Waals surface area contributed by atoms with Crippen LogP contribution in [0.25, 0.3) is 10.9 Å². The Hall–Kier alpha value is -4.44. The van der Waals surface area contributed by atoms with Crippen LogP contribution in [0.2, 0.25) is 0 Å². The molecule has 1 saturated heterocycles. The number of aromatic nitrogens is 1. The van der Waals surface area contributed by atoms with Crippen LogP contribution in [0, 0.1) is 25.7 Å². The van der Waals surface area contributed by atoms with Crippen LogP contribution in [0.3, 0.4) is 0 Å². The highest BCUT2D eigenvalue weighted by Gasteiger charge is 2.34. The van der Waals surface area contributed by atoms with Crippen molar-refractivity contribution in [2.75, 3.05) is 20.2 Å². The Morgan fingerprint density at radius 2 is 1.55 bits per heavy atom. The summed E-state index contributed by atoms with van der Waals surface area (Å²) >= 11 is 0. The number of hydrogen-bond donors (Lipinski definition) is 3. The first kappa shape index (κ1) is 40.6. The second kappa shape index (κ2) is 23.8. The van der Waals surface area contributed by atoms with E-state index in [9.17, 15) is 24.7 Å². The zero-order valence-electron chi connectivity index (χ0n) is 28.2. The van der Waals surface area contributed by atoms with Gasteiger partial charge in [0, 0.05) is 29.8 Å². The molecule has 10 heteroatoms. The van der Waals surface area contributed by atoms with Crippen molar-refractivity contribution in [3.8, 4) is 31.4 Å². The Morgan fingerprint density at radius 1 is 0.936 bits per heavy atom. The largest absolute Gasteiger partial charge is 0.502 e. The second-order valence-electron chi connectivity index (χ2n) is 11.5. The van der Waals surface area contributed by atoms with Gasteiger partial charge in [-0.3, -0.25) is 10.0 Å². The molecule has 3 aliphatic rings. The Labute approximate surface area is 280 Å². The van der Waals surface area contributed by atoms with Crippen molar-refractivity contribution in [1.82, 2.24) is 10.2 Å². The summed E-state index contributed by atoms with van der Waals surface area (Å²) in [4.78, 5) is 36.7. The van der Waals surface area contributed by atoms with Crippen molar-refractivity contribution >= 4 is 28.9 Å². The van der Waals surface area contributed by atoms with Crippen molar-refractivity contribution in [3.63, 3.8) is 0 Å². The molecule has 0 radical (unpaired) electrons. The Bertz CT molecular complexity index is 1250. The first-order valence-electron chi connectivity index (χ1n) is 16.7. The number of benzene rings is 1. The van der Waals surface area contributed by atoms with Crippen LogP contribution < -0.4 is 10.0 Å². The van der Waals surface area contributed by atoms with Gasteiger partial charge in [-0.15, -0.1) is 25.7 Å². The highest BCUT2D eigenvalue weighted by molar-refractivity contribution is 5.87. The molecule has 10 nitrogen and oxygen atoms in total. The van der Waals surface area contributed by atoms with E-state index in [1.54, 1.807) is 6.07 Å². The van der Waals surface area contributed by atoms with Gasteiger partial charge in [0.25, 0.3) is 11.2 Å². The van der Waals surface area contributed by atoms with E-state index in [-0.39, 0.29) is 24.3 Å². The van der Waals surface area contributed by atoms with Gasteiger partial charge >= 0.3 is 12.1 Å². The molecule has 0 spiro atoms. The third-order valence-electron chi connectivity index (χ3n) is 8.28. The zero-order valence-corrected chi connectivity index (χ0v) is 28.2. The fourth-order valence-electron chi connectivity index (χ4n) is 5.84. The van der Waals surface area contributed by atoms with Crippen molar-refractivity contribution < 1.29 is 38.9 Å². The number of rotatable bonds is 8. The van der Waals surface area contributed by atoms with Gasteiger partial charge in [-0.05, 0) is 51.0 Å².